The molecule has 0 spiro atoms. The summed E-state index contributed by atoms with van der Waals surface area (Å²) in [6, 6.07) is 0.626. The average molecular weight is 288 g/mol. The van der Waals surface area contributed by atoms with Crippen molar-refractivity contribution in [1.82, 2.24) is 9.21 Å². The van der Waals surface area contributed by atoms with Crippen molar-refractivity contribution in [2.24, 2.45) is 11.3 Å². The molecule has 0 radical (unpaired) electrons. The van der Waals surface area contributed by atoms with E-state index in [1.807, 2.05) is 0 Å². The molecule has 5 heteroatoms. The fraction of sp³-hybridized carbons (Fsp3) is 1.00. The number of likely N-dealkylation sites (tertiary alicyclic amines) is 1. The highest BCUT2D eigenvalue weighted by atomic mass is 32.2. The second-order valence-corrected chi connectivity index (χ2v) is 8.05. The van der Waals surface area contributed by atoms with Gasteiger partial charge in [-0.25, -0.2) is 8.51 Å². The molecule has 0 aromatic rings. The van der Waals surface area contributed by atoms with Crippen LogP contribution in [0.15, 0.2) is 0 Å². The Hall–Kier alpha value is 0.0300. The molecule has 4 nitrogen and oxygen atoms in total. The van der Waals surface area contributed by atoms with Crippen molar-refractivity contribution in [1.29, 1.82) is 0 Å². The molecule has 0 aliphatic carbocycles. The van der Waals surface area contributed by atoms with Gasteiger partial charge in [0.15, 0.2) is 0 Å². The van der Waals surface area contributed by atoms with E-state index in [0.29, 0.717) is 11.5 Å². The summed E-state index contributed by atoms with van der Waals surface area (Å²) in [6.07, 6.45) is 4.67. The maximum absolute atomic E-state index is 11.0. The van der Waals surface area contributed by atoms with Crippen LogP contribution in [-0.2, 0) is 11.3 Å². The van der Waals surface area contributed by atoms with E-state index in [2.05, 4.69) is 25.7 Å². The van der Waals surface area contributed by atoms with Crippen LogP contribution in [0.5, 0.6) is 0 Å². The standard InChI is InChI=1S/C14H28N2O2S/c1-14(2,3)12-4-8-15(9-5-12)13-6-10-16(11-7-13)19(17)18/h12-13H,4-11H2,1-3H3,(H,17,18). The zero-order chi connectivity index (χ0) is 14.0. The van der Waals surface area contributed by atoms with Gasteiger partial charge >= 0.3 is 0 Å². The maximum Gasteiger partial charge on any atom is 0.234 e. The molecule has 0 amide bonds. The number of hydrogen-bond donors (Lipinski definition) is 1. The van der Waals surface area contributed by atoms with Crippen LogP contribution in [0.2, 0.25) is 0 Å². The molecule has 2 aliphatic heterocycles. The summed E-state index contributed by atoms with van der Waals surface area (Å²) < 4.78 is 21.8. The Morgan fingerprint density at radius 3 is 1.95 bits per heavy atom. The molecule has 1 atom stereocenters. The first kappa shape index (κ1) is 15.4. The molecule has 0 aromatic carbocycles. The molecule has 2 fully saturated rings. The Morgan fingerprint density at radius 1 is 1.00 bits per heavy atom. The number of rotatable bonds is 2. The van der Waals surface area contributed by atoms with Crippen molar-refractivity contribution >= 4 is 11.3 Å². The predicted octanol–water partition coefficient (Wildman–Crippen LogP) is 2.35. The lowest BCUT2D eigenvalue weighted by Gasteiger charge is -2.43. The highest BCUT2D eigenvalue weighted by molar-refractivity contribution is 7.76. The molecule has 0 saturated carbocycles. The first-order valence-corrected chi connectivity index (χ1v) is 8.54. The van der Waals surface area contributed by atoms with Crippen LogP contribution < -0.4 is 0 Å². The van der Waals surface area contributed by atoms with Crippen LogP contribution in [0.4, 0.5) is 0 Å². The first-order valence-electron chi connectivity index (χ1n) is 7.48. The van der Waals surface area contributed by atoms with Crippen LogP contribution >= 0.6 is 0 Å². The van der Waals surface area contributed by atoms with Gasteiger partial charge in [-0.2, -0.15) is 0 Å². The molecule has 0 aromatic heterocycles. The third-order valence-corrected chi connectivity index (χ3v) is 5.72. The van der Waals surface area contributed by atoms with Gasteiger partial charge in [0.2, 0.25) is 11.3 Å². The highest BCUT2D eigenvalue weighted by Gasteiger charge is 2.33. The zero-order valence-corrected chi connectivity index (χ0v) is 13.3. The van der Waals surface area contributed by atoms with Crippen LogP contribution in [0.3, 0.4) is 0 Å². The molecular formula is C14H28N2O2S. The fourth-order valence-corrected chi connectivity index (χ4v) is 4.02. The van der Waals surface area contributed by atoms with Crippen LogP contribution in [0, 0.1) is 11.3 Å². The third-order valence-electron chi connectivity index (χ3n) is 4.92. The molecular weight excluding hydrogens is 260 g/mol. The van der Waals surface area contributed by atoms with E-state index in [0.717, 1.165) is 31.8 Å². The van der Waals surface area contributed by atoms with Gasteiger partial charge in [-0.15, -0.1) is 0 Å². The maximum atomic E-state index is 11.0. The van der Waals surface area contributed by atoms with E-state index >= 15 is 0 Å². The summed E-state index contributed by atoms with van der Waals surface area (Å²) in [5, 5.41) is 0. The summed E-state index contributed by atoms with van der Waals surface area (Å²) in [6.45, 7) is 11.0. The second kappa shape index (κ2) is 6.20. The SMILES string of the molecule is CC(C)(C)C1CCN(C2CCN(S(=O)O)CC2)CC1. The number of hydrogen-bond acceptors (Lipinski definition) is 2. The zero-order valence-electron chi connectivity index (χ0n) is 12.5. The van der Waals surface area contributed by atoms with E-state index in [4.69, 9.17) is 4.55 Å². The van der Waals surface area contributed by atoms with E-state index in [1.165, 1.54) is 25.9 Å². The van der Waals surface area contributed by atoms with Crippen LogP contribution in [0.25, 0.3) is 0 Å². The summed E-state index contributed by atoms with van der Waals surface area (Å²) in [5.41, 5.74) is 0.434. The molecule has 19 heavy (non-hydrogen) atoms. The quantitative estimate of drug-likeness (QED) is 0.793. The van der Waals surface area contributed by atoms with Crippen molar-refractivity contribution in [3.63, 3.8) is 0 Å². The number of piperidine rings is 2. The fourth-order valence-electron chi connectivity index (χ4n) is 3.49. The van der Waals surface area contributed by atoms with Crippen molar-refractivity contribution < 1.29 is 8.76 Å². The van der Waals surface area contributed by atoms with E-state index in [-0.39, 0.29) is 0 Å². The largest absolute Gasteiger partial charge is 0.300 e. The summed E-state index contributed by atoms with van der Waals surface area (Å²) in [5.74, 6) is 0.841. The Morgan fingerprint density at radius 2 is 1.53 bits per heavy atom. The molecule has 1 unspecified atom stereocenters. The Bertz CT molecular complexity index is 314. The monoisotopic (exact) mass is 288 g/mol. The van der Waals surface area contributed by atoms with Gasteiger partial charge in [0, 0.05) is 19.1 Å². The molecule has 1 N–H and O–H groups in total. The topological polar surface area (TPSA) is 43.8 Å². The van der Waals surface area contributed by atoms with Crippen molar-refractivity contribution in [2.75, 3.05) is 26.2 Å². The van der Waals surface area contributed by atoms with E-state index in [9.17, 15) is 4.21 Å². The van der Waals surface area contributed by atoms with Crippen LogP contribution in [0.1, 0.15) is 46.5 Å². The van der Waals surface area contributed by atoms with Gasteiger partial charge < -0.3 is 4.90 Å². The van der Waals surface area contributed by atoms with Crippen molar-refractivity contribution in [3.05, 3.63) is 0 Å². The van der Waals surface area contributed by atoms with Gasteiger partial charge in [-0.05, 0) is 50.1 Å². The van der Waals surface area contributed by atoms with Gasteiger partial charge in [0.1, 0.15) is 0 Å². The molecule has 2 saturated heterocycles. The molecule has 2 heterocycles. The molecule has 2 aliphatic rings. The molecule has 2 rings (SSSR count). The normalized spacial score (nSPS) is 27.6. The Labute approximate surface area is 120 Å². The first-order chi connectivity index (χ1) is 8.88. The summed E-state index contributed by atoms with van der Waals surface area (Å²) >= 11 is -1.77. The minimum Gasteiger partial charge on any atom is -0.300 e. The lowest BCUT2D eigenvalue weighted by molar-refractivity contribution is 0.0631. The highest BCUT2D eigenvalue weighted by Crippen LogP contribution is 2.35. The lowest BCUT2D eigenvalue weighted by atomic mass is 9.75. The third kappa shape index (κ3) is 4.00. The minimum absolute atomic E-state index is 0.434. The van der Waals surface area contributed by atoms with Crippen molar-refractivity contribution in [2.45, 2.75) is 52.5 Å². The van der Waals surface area contributed by atoms with Gasteiger partial charge in [0.05, 0.1) is 0 Å². The predicted molar refractivity (Wildman–Crippen MR) is 79.1 cm³/mol. The lowest BCUT2D eigenvalue weighted by Crippen LogP contribution is -2.48. The van der Waals surface area contributed by atoms with Gasteiger partial charge in [-0.3, -0.25) is 4.55 Å². The summed E-state index contributed by atoms with van der Waals surface area (Å²) in [4.78, 5) is 2.61. The van der Waals surface area contributed by atoms with Crippen LogP contribution in [-0.4, -0.2) is 50.2 Å². The summed E-state index contributed by atoms with van der Waals surface area (Å²) in [7, 11) is 0. The number of nitrogens with zero attached hydrogens (tertiary/aromatic N) is 2. The molecule has 112 valence electrons. The minimum atomic E-state index is -1.77. The molecule has 0 bridgehead atoms. The van der Waals surface area contributed by atoms with Gasteiger partial charge in [-0.1, -0.05) is 20.8 Å². The Balaban J connectivity index is 1.78. The van der Waals surface area contributed by atoms with E-state index in [1.54, 1.807) is 4.31 Å². The van der Waals surface area contributed by atoms with E-state index < -0.39 is 11.3 Å². The Kier molecular flexibility index (Phi) is 5.04. The van der Waals surface area contributed by atoms with Crippen molar-refractivity contribution in [3.8, 4) is 0 Å². The smallest absolute Gasteiger partial charge is 0.234 e. The average Bonchev–Trinajstić information content (AvgIpc) is 2.38. The second-order valence-electron chi connectivity index (χ2n) is 7.07. The van der Waals surface area contributed by atoms with Gasteiger partial charge in [0.25, 0.3) is 0 Å².